The fourth-order valence-corrected chi connectivity index (χ4v) is 5.41. The number of fused-ring (bicyclic) bond motifs is 1. The zero-order valence-electron chi connectivity index (χ0n) is 17.7. The Balaban J connectivity index is 1.45. The lowest BCUT2D eigenvalue weighted by Crippen LogP contribution is -2.40. The van der Waals surface area contributed by atoms with Gasteiger partial charge in [0.25, 0.3) is 5.91 Å². The lowest BCUT2D eigenvalue weighted by molar-refractivity contribution is -0.116. The van der Waals surface area contributed by atoms with Crippen LogP contribution >= 0.6 is 11.6 Å². The maximum Gasteiger partial charge on any atom is 0.257 e. The first-order valence-corrected chi connectivity index (χ1v) is 11.9. The number of likely N-dealkylation sites (N-methyl/N-ethyl adjacent to an activating group) is 1. The summed E-state index contributed by atoms with van der Waals surface area (Å²) in [7, 11) is -2.37. The van der Waals surface area contributed by atoms with Crippen LogP contribution in [-0.4, -0.2) is 76.1 Å². The zero-order chi connectivity index (χ0) is 23.6. The Kier molecular flexibility index (Phi) is 6.75. The number of benzene rings is 2. The average Bonchev–Trinajstić information content (AvgIpc) is 3.29. The molecule has 2 aliphatic rings. The molecule has 0 spiro atoms. The van der Waals surface area contributed by atoms with Crippen molar-refractivity contribution in [3.63, 3.8) is 0 Å². The molecular weight excluding hydrogens is 474 g/mol. The first-order chi connectivity index (χ1) is 15.8. The van der Waals surface area contributed by atoms with Gasteiger partial charge in [-0.15, -0.1) is 0 Å². The summed E-state index contributed by atoms with van der Waals surface area (Å²) in [5, 5.41) is 2.67. The van der Waals surface area contributed by atoms with Crippen molar-refractivity contribution in [3.8, 4) is 11.5 Å². The van der Waals surface area contributed by atoms with Gasteiger partial charge in [0.2, 0.25) is 22.7 Å². The molecule has 2 heterocycles. The molecule has 2 aromatic carbocycles. The number of sulfonamides is 1. The van der Waals surface area contributed by atoms with Crippen LogP contribution in [0.5, 0.6) is 11.5 Å². The lowest BCUT2D eigenvalue weighted by Gasteiger charge is -2.26. The number of anilines is 1. The minimum Gasteiger partial charge on any atom is -0.454 e. The topological polar surface area (TPSA) is 114 Å². The number of nitrogens with zero attached hydrogens (tertiary/aromatic N) is 2. The van der Waals surface area contributed by atoms with Crippen LogP contribution < -0.4 is 14.8 Å². The zero-order valence-corrected chi connectivity index (χ0v) is 19.3. The number of hydrogen-bond acceptors (Lipinski definition) is 7. The van der Waals surface area contributed by atoms with Gasteiger partial charge in [-0.05, 0) is 30.3 Å². The van der Waals surface area contributed by atoms with E-state index >= 15 is 0 Å². The Morgan fingerprint density at radius 1 is 1.15 bits per heavy atom. The van der Waals surface area contributed by atoms with Crippen LogP contribution in [0.3, 0.4) is 0 Å². The smallest absolute Gasteiger partial charge is 0.257 e. The Morgan fingerprint density at radius 3 is 2.67 bits per heavy atom. The lowest BCUT2D eigenvalue weighted by atomic mass is 10.1. The summed E-state index contributed by atoms with van der Waals surface area (Å²) in [6.07, 6.45) is 0. The fraction of sp³-hybridized carbons (Fsp3) is 0.333. The maximum absolute atomic E-state index is 13.0. The molecule has 4 rings (SSSR count). The summed E-state index contributed by atoms with van der Waals surface area (Å²) < 4.78 is 43.1. The van der Waals surface area contributed by atoms with E-state index in [0.717, 1.165) is 0 Å². The molecule has 0 bridgehead atoms. The molecule has 0 atom stereocenters. The first-order valence-electron chi connectivity index (χ1n) is 10.1. The number of nitrogens with one attached hydrogen (secondary N) is 1. The summed E-state index contributed by atoms with van der Waals surface area (Å²) in [5.74, 6) is -0.119. The maximum atomic E-state index is 13.0. The third kappa shape index (κ3) is 4.91. The summed E-state index contributed by atoms with van der Waals surface area (Å²) in [6, 6.07) is 9.15. The summed E-state index contributed by atoms with van der Waals surface area (Å²) in [6.45, 7) is 0.804. The van der Waals surface area contributed by atoms with Gasteiger partial charge >= 0.3 is 0 Å². The highest BCUT2D eigenvalue weighted by Gasteiger charge is 2.29. The number of amides is 2. The molecule has 176 valence electrons. The third-order valence-corrected chi connectivity index (χ3v) is 7.54. The number of hydrogen-bond donors (Lipinski definition) is 1. The molecule has 0 saturated carbocycles. The first kappa shape index (κ1) is 23.3. The normalized spacial score (nSPS) is 15.8. The highest BCUT2D eigenvalue weighted by Crippen LogP contribution is 2.35. The van der Waals surface area contributed by atoms with Gasteiger partial charge < -0.3 is 24.4 Å². The Bertz CT molecular complexity index is 1180. The van der Waals surface area contributed by atoms with Gasteiger partial charge in [0.05, 0.1) is 30.3 Å². The number of carbonyl (C=O) groups excluding carboxylic acids is 2. The quantitative estimate of drug-likeness (QED) is 0.649. The molecule has 2 amide bonds. The number of ether oxygens (including phenoxy) is 3. The second-order valence-electron chi connectivity index (χ2n) is 7.41. The van der Waals surface area contributed by atoms with Gasteiger partial charge in [-0.25, -0.2) is 8.42 Å². The van der Waals surface area contributed by atoms with E-state index in [1.807, 2.05) is 0 Å². The average molecular weight is 496 g/mol. The van der Waals surface area contributed by atoms with E-state index in [-0.39, 0.29) is 47.6 Å². The molecule has 10 nitrogen and oxygen atoms in total. The Morgan fingerprint density at radius 2 is 1.91 bits per heavy atom. The molecule has 2 aliphatic heterocycles. The van der Waals surface area contributed by atoms with Gasteiger partial charge in [0, 0.05) is 25.8 Å². The van der Waals surface area contributed by atoms with Crippen LogP contribution in [0.15, 0.2) is 41.3 Å². The Hall–Kier alpha value is -2.86. The van der Waals surface area contributed by atoms with Crippen molar-refractivity contribution in [1.82, 2.24) is 9.21 Å². The Labute approximate surface area is 196 Å². The minimum absolute atomic E-state index is 0.0239. The van der Waals surface area contributed by atoms with Crippen LogP contribution in [0.25, 0.3) is 0 Å². The van der Waals surface area contributed by atoms with Crippen LogP contribution in [0.2, 0.25) is 5.02 Å². The van der Waals surface area contributed by atoms with Crippen LogP contribution in [0.1, 0.15) is 10.4 Å². The highest BCUT2D eigenvalue weighted by molar-refractivity contribution is 7.89. The van der Waals surface area contributed by atoms with Crippen LogP contribution in [0, 0.1) is 0 Å². The van der Waals surface area contributed by atoms with Crippen molar-refractivity contribution in [2.45, 2.75) is 4.90 Å². The number of morpholine rings is 1. The standard InChI is InChI=1S/C21H22ClN3O7S/c1-24(21(27)15-3-2-4-17-20(15)32-13-31-17)12-19(26)23-14-5-6-16(22)18(11-14)33(28,29)25-7-9-30-10-8-25/h2-6,11H,7-10,12-13H2,1H3,(H,23,26). The van der Waals surface area contributed by atoms with Gasteiger partial charge in [-0.2, -0.15) is 4.31 Å². The SMILES string of the molecule is CN(CC(=O)Nc1ccc(Cl)c(S(=O)(=O)N2CCOCC2)c1)C(=O)c1cccc2c1OCO2. The monoisotopic (exact) mass is 495 g/mol. The van der Waals surface area contributed by atoms with E-state index in [1.54, 1.807) is 18.2 Å². The fourth-order valence-electron chi connectivity index (χ4n) is 3.50. The van der Waals surface area contributed by atoms with E-state index in [1.165, 1.54) is 34.5 Å². The van der Waals surface area contributed by atoms with E-state index in [9.17, 15) is 18.0 Å². The largest absolute Gasteiger partial charge is 0.454 e. The second kappa shape index (κ2) is 9.56. The molecule has 1 fully saturated rings. The van der Waals surface area contributed by atoms with E-state index in [2.05, 4.69) is 5.32 Å². The van der Waals surface area contributed by atoms with Gasteiger partial charge in [0.15, 0.2) is 11.5 Å². The van der Waals surface area contributed by atoms with Crippen molar-refractivity contribution in [2.75, 3.05) is 52.0 Å². The molecular formula is C21H22ClN3O7S. The second-order valence-corrected chi connectivity index (χ2v) is 9.72. The summed E-state index contributed by atoms with van der Waals surface area (Å²) in [5.41, 5.74) is 0.528. The molecule has 33 heavy (non-hydrogen) atoms. The number of carbonyl (C=O) groups is 2. The minimum atomic E-state index is -3.85. The molecule has 2 aromatic rings. The van der Waals surface area contributed by atoms with Crippen molar-refractivity contribution < 1.29 is 32.2 Å². The van der Waals surface area contributed by atoms with Crippen molar-refractivity contribution in [1.29, 1.82) is 0 Å². The van der Waals surface area contributed by atoms with Crippen molar-refractivity contribution in [3.05, 3.63) is 47.0 Å². The van der Waals surface area contributed by atoms with E-state index in [0.29, 0.717) is 24.7 Å². The molecule has 1 N–H and O–H groups in total. The van der Waals surface area contributed by atoms with Crippen molar-refractivity contribution >= 4 is 39.1 Å². The molecule has 0 unspecified atom stereocenters. The van der Waals surface area contributed by atoms with E-state index in [4.69, 9.17) is 25.8 Å². The molecule has 0 aliphatic carbocycles. The van der Waals surface area contributed by atoms with Crippen LogP contribution in [0.4, 0.5) is 5.69 Å². The predicted molar refractivity (Wildman–Crippen MR) is 119 cm³/mol. The number of para-hydroxylation sites is 1. The molecule has 0 aromatic heterocycles. The molecule has 12 heteroatoms. The molecule has 0 radical (unpaired) electrons. The van der Waals surface area contributed by atoms with Gasteiger partial charge in [-0.1, -0.05) is 17.7 Å². The molecule has 1 saturated heterocycles. The highest BCUT2D eigenvalue weighted by atomic mass is 35.5. The predicted octanol–water partition coefficient (Wildman–Crippen LogP) is 1.80. The van der Waals surface area contributed by atoms with Gasteiger partial charge in [-0.3, -0.25) is 9.59 Å². The van der Waals surface area contributed by atoms with Crippen LogP contribution in [-0.2, 0) is 19.6 Å². The van der Waals surface area contributed by atoms with Gasteiger partial charge in [0.1, 0.15) is 4.90 Å². The van der Waals surface area contributed by atoms with E-state index < -0.39 is 21.8 Å². The number of halogens is 1. The van der Waals surface area contributed by atoms with Crippen molar-refractivity contribution in [2.24, 2.45) is 0 Å². The summed E-state index contributed by atoms with van der Waals surface area (Å²) >= 11 is 6.15. The summed E-state index contributed by atoms with van der Waals surface area (Å²) in [4.78, 5) is 26.5. The number of rotatable bonds is 6. The third-order valence-electron chi connectivity index (χ3n) is 5.16.